The van der Waals surface area contributed by atoms with E-state index in [0.717, 1.165) is 30.5 Å². The van der Waals surface area contributed by atoms with Crippen LogP contribution in [0.15, 0.2) is 58.8 Å². The smallest absolute Gasteiger partial charge is 0.257 e. The number of piperidine rings is 1. The molecule has 8 heteroatoms. The number of nitrogens with one attached hydrogen (secondary N) is 1. The molecule has 1 aliphatic rings. The Labute approximate surface area is 193 Å². The maximum absolute atomic E-state index is 12.9. The van der Waals surface area contributed by atoms with Gasteiger partial charge >= 0.3 is 0 Å². The molecule has 0 radical (unpaired) electrons. The highest BCUT2D eigenvalue weighted by Gasteiger charge is 2.28. The summed E-state index contributed by atoms with van der Waals surface area (Å²) >= 11 is 1.36. The second-order valence-electron chi connectivity index (χ2n) is 8.15. The van der Waals surface area contributed by atoms with Gasteiger partial charge in [0.1, 0.15) is 0 Å². The lowest BCUT2D eigenvalue weighted by Gasteiger charge is -2.29. The van der Waals surface area contributed by atoms with Crippen LogP contribution in [-0.4, -0.2) is 36.7 Å². The van der Waals surface area contributed by atoms with Crippen LogP contribution in [0.5, 0.6) is 0 Å². The van der Waals surface area contributed by atoms with Gasteiger partial charge in [0.05, 0.1) is 10.6 Å². The summed E-state index contributed by atoms with van der Waals surface area (Å²) in [5, 5.41) is 5.22. The summed E-state index contributed by atoms with van der Waals surface area (Å²) in [6.07, 6.45) is 2.73. The Morgan fingerprint density at radius 1 is 1.09 bits per heavy atom. The molecule has 1 aliphatic heterocycles. The first-order chi connectivity index (χ1) is 15.4. The average molecular weight is 470 g/mol. The summed E-state index contributed by atoms with van der Waals surface area (Å²) in [6.45, 7) is 5.34. The molecule has 168 valence electrons. The average Bonchev–Trinajstić information content (AvgIpc) is 3.28. The summed E-state index contributed by atoms with van der Waals surface area (Å²) < 4.78 is 27.3. The molecule has 32 heavy (non-hydrogen) atoms. The number of anilines is 1. The zero-order chi connectivity index (χ0) is 22.7. The van der Waals surface area contributed by atoms with Gasteiger partial charge in [0.2, 0.25) is 10.0 Å². The van der Waals surface area contributed by atoms with E-state index in [4.69, 9.17) is 0 Å². The SMILES string of the molecule is CCc1ccc(-c2csc(NC(=O)c3ccc(S(=O)(=O)N4CCC(C)CC4)cc3)n2)cc1. The van der Waals surface area contributed by atoms with Gasteiger partial charge in [0, 0.05) is 29.6 Å². The minimum absolute atomic E-state index is 0.218. The van der Waals surface area contributed by atoms with Gasteiger partial charge in [-0.05, 0) is 55.0 Å². The van der Waals surface area contributed by atoms with Gasteiger partial charge in [-0.25, -0.2) is 13.4 Å². The molecule has 0 aliphatic carbocycles. The number of benzene rings is 2. The van der Waals surface area contributed by atoms with Crippen molar-refractivity contribution in [2.24, 2.45) is 5.92 Å². The van der Waals surface area contributed by atoms with Crippen molar-refractivity contribution in [2.45, 2.75) is 38.0 Å². The van der Waals surface area contributed by atoms with E-state index in [9.17, 15) is 13.2 Å². The molecule has 1 aromatic heterocycles. The Bertz CT molecular complexity index is 1180. The van der Waals surface area contributed by atoms with Gasteiger partial charge in [-0.3, -0.25) is 10.1 Å². The van der Waals surface area contributed by atoms with E-state index in [-0.39, 0.29) is 10.8 Å². The lowest BCUT2D eigenvalue weighted by molar-refractivity contribution is 0.102. The summed E-state index contributed by atoms with van der Waals surface area (Å²) in [4.78, 5) is 17.4. The van der Waals surface area contributed by atoms with E-state index in [1.54, 1.807) is 12.1 Å². The molecular weight excluding hydrogens is 442 g/mol. The van der Waals surface area contributed by atoms with E-state index in [2.05, 4.69) is 36.3 Å². The third-order valence-electron chi connectivity index (χ3n) is 5.88. The predicted octanol–water partition coefficient (Wildman–Crippen LogP) is 5.05. The van der Waals surface area contributed by atoms with Gasteiger partial charge < -0.3 is 0 Å². The number of hydrogen-bond acceptors (Lipinski definition) is 5. The van der Waals surface area contributed by atoms with Crippen LogP contribution in [0, 0.1) is 5.92 Å². The number of nitrogens with zero attached hydrogens (tertiary/aromatic N) is 2. The molecule has 1 amide bonds. The van der Waals surface area contributed by atoms with Crippen molar-refractivity contribution in [1.82, 2.24) is 9.29 Å². The second-order valence-corrected chi connectivity index (χ2v) is 10.9. The summed E-state index contributed by atoms with van der Waals surface area (Å²) in [5.41, 5.74) is 3.46. The number of thiazole rings is 1. The van der Waals surface area contributed by atoms with Crippen LogP contribution >= 0.6 is 11.3 Å². The molecule has 3 aromatic rings. The molecule has 0 saturated carbocycles. The molecule has 2 aromatic carbocycles. The Morgan fingerprint density at radius 3 is 2.38 bits per heavy atom. The number of carbonyl (C=O) groups excluding carboxylic acids is 1. The normalized spacial score (nSPS) is 15.6. The maximum atomic E-state index is 12.9. The van der Waals surface area contributed by atoms with E-state index < -0.39 is 10.0 Å². The number of carbonyl (C=O) groups is 1. The highest BCUT2D eigenvalue weighted by atomic mass is 32.2. The van der Waals surface area contributed by atoms with Crippen LogP contribution in [0.4, 0.5) is 5.13 Å². The van der Waals surface area contributed by atoms with Gasteiger partial charge in [0.15, 0.2) is 5.13 Å². The van der Waals surface area contributed by atoms with Crippen molar-refractivity contribution in [1.29, 1.82) is 0 Å². The fraction of sp³-hybridized carbons (Fsp3) is 0.333. The number of hydrogen-bond donors (Lipinski definition) is 1. The Balaban J connectivity index is 1.42. The lowest BCUT2D eigenvalue weighted by atomic mass is 10.0. The van der Waals surface area contributed by atoms with Crippen LogP contribution < -0.4 is 5.32 Å². The fourth-order valence-corrected chi connectivity index (χ4v) is 5.88. The molecule has 0 unspecified atom stereocenters. The highest BCUT2D eigenvalue weighted by Crippen LogP contribution is 2.26. The third kappa shape index (κ3) is 4.92. The van der Waals surface area contributed by atoms with Crippen molar-refractivity contribution in [2.75, 3.05) is 18.4 Å². The topological polar surface area (TPSA) is 79.4 Å². The summed E-state index contributed by atoms with van der Waals surface area (Å²) in [7, 11) is -3.53. The highest BCUT2D eigenvalue weighted by molar-refractivity contribution is 7.89. The zero-order valence-corrected chi connectivity index (χ0v) is 19.9. The predicted molar refractivity (Wildman–Crippen MR) is 128 cm³/mol. The standard InChI is InChI=1S/C24H27N3O3S2/c1-3-18-4-6-19(7-5-18)22-16-31-24(25-22)26-23(28)20-8-10-21(11-9-20)32(29,30)27-14-12-17(2)13-15-27/h4-11,16-17H,3,12-15H2,1-2H3,(H,25,26,28). The summed E-state index contributed by atoms with van der Waals surface area (Å²) in [6, 6.07) is 14.3. The number of sulfonamides is 1. The molecule has 1 N–H and O–H groups in total. The van der Waals surface area contributed by atoms with Gasteiger partial charge in [-0.1, -0.05) is 38.1 Å². The quantitative estimate of drug-likeness (QED) is 0.548. The van der Waals surface area contributed by atoms with E-state index in [1.165, 1.54) is 33.3 Å². The minimum atomic E-state index is -3.53. The van der Waals surface area contributed by atoms with Crippen LogP contribution in [0.3, 0.4) is 0 Å². The van der Waals surface area contributed by atoms with Crippen molar-refractivity contribution in [3.05, 3.63) is 65.0 Å². The Kier molecular flexibility index (Phi) is 6.74. The van der Waals surface area contributed by atoms with Gasteiger partial charge in [0.25, 0.3) is 5.91 Å². The van der Waals surface area contributed by atoms with Crippen LogP contribution in [-0.2, 0) is 16.4 Å². The molecule has 0 atom stereocenters. The number of amides is 1. The first kappa shape index (κ1) is 22.6. The maximum Gasteiger partial charge on any atom is 0.257 e. The molecule has 2 heterocycles. The molecule has 0 bridgehead atoms. The fourth-order valence-electron chi connectivity index (χ4n) is 3.70. The molecule has 1 fully saturated rings. The van der Waals surface area contributed by atoms with Gasteiger partial charge in [-0.2, -0.15) is 4.31 Å². The van der Waals surface area contributed by atoms with Crippen molar-refractivity contribution < 1.29 is 13.2 Å². The van der Waals surface area contributed by atoms with Gasteiger partial charge in [-0.15, -0.1) is 11.3 Å². The van der Waals surface area contributed by atoms with Crippen LogP contribution in [0.25, 0.3) is 11.3 Å². The number of aryl methyl sites for hydroxylation is 1. The molecule has 6 nitrogen and oxygen atoms in total. The summed E-state index contributed by atoms with van der Waals surface area (Å²) in [5.74, 6) is 0.234. The van der Waals surface area contributed by atoms with Crippen molar-refractivity contribution in [3.63, 3.8) is 0 Å². The first-order valence-corrected chi connectivity index (χ1v) is 13.1. The molecule has 0 spiro atoms. The number of rotatable bonds is 6. The van der Waals surface area contributed by atoms with Crippen LogP contribution in [0.1, 0.15) is 42.6 Å². The molecule has 1 saturated heterocycles. The minimum Gasteiger partial charge on any atom is -0.298 e. The lowest BCUT2D eigenvalue weighted by Crippen LogP contribution is -2.37. The monoisotopic (exact) mass is 469 g/mol. The molecular formula is C24H27N3O3S2. The Hall–Kier alpha value is -2.55. The Morgan fingerprint density at radius 2 is 1.75 bits per heavy atom. The van der Waals surface area contributed by atoms with Crippen molar-refractivity contribution in [3.8, 4) is 11.3 Å². The third-order valence-corrected chi connectivity index (χ3v) is 8.55. The van der Waals surface area contributed by atoms with Crippen LogP contribution in [0.2, 0.25) is 0 Å². The van der Waals surface area contributed by atoms with Crippen molar-refractivity contribution >= 4 is 32.4 Å². The molecule has 4 rings (SSSR count). The van der Waals surface area contributed by atoms with E-state index >= 15 is 0 Å². The zero-order valence-electron chi connectivity index (χ0n) is 18.2. The van der Waals surface area contributed by atoms with E-state index in [0.29, 0.717) is 29.7 Å². The van der Waals surface area contributed by atoms with E-state index in [1.807, 2.05) is 17.5 Å². The first-order valence-electron chi connectivity index (χ1n) is 10.8. The largest absolute Gasteiger partial charge is 0.298 e. The number of aromatic nitrogens is 1. The second kappa shape index (κ2) is 9.52.